The summed E-state index contributed by atoms with van der Waals surface area (Å²) >= 11 is 0. The predicted octanol–water partition coefficient (Wildman–Crippen LogP) is 3.87. The van der Waals surface area contributed by atoms with Gasteiger partial charge in [0.25, 0.3) is 15.7 Å². The van der Waals surface area contributed by atoms with Gasteiger partial charge in [-0.2, -0.15) is 0 Å². The first-order chi connectivity index (χ1) is 16.3. The Morgan fingerprint density at radius 2 is 1.74 bits per heavy atom. The van der Waals surface area contributed by atoms with Gasteiger partial charge in [0.2, 0.25) is 0 Å². The van der Waals surface area contributed by atoms with Gasteiger partial charge in [0.15, 0.2) is 0 Å². The number of hydrogen-bond donors (Lipinski definition) is 0. The summed E-state index contributed by atoms with van der Waals surface area (Å²) in [5.74, 6) is 0. The second-order valence-electron chi connectivity index (χ2n) is 8.75. The van der Waals surface area contributed by atoms with Gasteiger partial charge in [-0.05, 0) is 80.6 Å². The molecule has 1 aliphatic carbocycles. The third-order valence-electron chi connectivity index (χ3n) is 6.79. The molecule has 0 radical (unpaired) electrons. The van der Waals surface area contributed by atoms with Crippen LogP contribution in [0.1, 0.15) is 11.1 Å². The maximum Gasteiger partial charge on any atom is 0.269 e. The molecular weight excluding hydrogens is 448 g/mol. The SMILES string of the molecule is Cc1cccc2c1CC1=c3c-2c2ccccc2cc3=CN(S(=O)(=O)c2ccc([N+](=O)[O-])cc2)C1. The van der Waals surface area contributed by atoms with Gasteiger partial charge in [0.05, 0.1) is 16.4 Å². The highest BCUT2D eigenvalue weighted by Gasteiger charge is 2.29. The topological polar surface area (TPSA) is 80.5 Å². The average Bonchev–Trinajstić information content (AvgIpc) is 2.84. The minimum Gasteiger partial charge on any atom is -0.269 e. The number of nitro benzene ring substituents is 1. The molecule has 6 rings (SSSR count). The number of non-ortho nitro benzene ring substituents is 1. The van der Waals surface area contributed by atoms with Gasteiger partial charge in [-0.15, -0.1) is 0 Å². The lowest BCUT2D eigenvalue weighted by atomic mass is 9.81. The molecule has 0 saturated heterocycles. The van der Waals surface area contributed by atoms with Gasteiger partial charge in [0, 0.05) is 18.3 Å². The molecule has 4 aromatic carbocycles. The van der Waals surface area contributed by atoms with Gasteiger partial charge in [-0.3, -0.25) is 14.4 Å². The second-order valence-corrected chi connectivity index (χ2v) is 10.6. The van der Waals surface area contributed by atoms with E-state index in [2.05, 4.69) is 31.2 Å². The Balaban J connectivity index is 1.60. The summed E-state index contributed by atoms with van der Waals surface area (Å²) in [6, 6.07) is 21.6. The standard InChI is InChI=1S/C27H20N2O4S/c1-17-5-4-8-24-25(17)14-20-16-28(34(32,33)22-11-9-21(10-12-22)29(30)31)15-19-13-18-6-2-3-7-23(18)27(24)26(19)20/h2-13,15H,14,16H2,1H3. The second kappa shape index (κ2) is 7.27. The third-order valence-corrected chi connectivity index (χ3v) is 8.51. The Morgan fingerprint density at radius 3 is 2.50 bits per heavy atom. The molecular formula is C27H20N2O4S. The molecule has 168 valence electrons. The van der Waals surface area contributed by atoms with E-state index in [1.54, 1.807) is 6.20 Å². The lowest BCUT2D eigenvalue weighted by Crippen LogP contribution is -2.44. The maximum absolute atomic E-state index is 13.5. The van der Waals surface area contributed by atoms with Crippen LogP contribution in [-0.4, -0.2) is 24.2 Å². The molecule has 6 nitrogen and oxygen atoms in total. The van der Waals surface area contributed by atoms with Crippen molar-refractivity contribution in [2.75, 3.05) is 6.54 Å². The monoisotopic (exact) mass is 468 g/mol. The Morgan fingerprint density at radius 1 is 0.971 bits per heavy atom. The van der Waals surface area contributed by atoms with E-state index < -0.39 is 14.9 Å². The van der Waals surface area contributed by atoms with E-state index in [-0.39, 0.29) is 17.1 Å². The van der Waals surface area contributed by atoms with E-state index in [1.165, 1.54) is 45.3 Å². The number of sulfonamides is 1. The maximum atomic E-state index is 13.5. The third kappa shape index (κ3) is 2.97. The molecule has 1 heterocycles. The first-order valence-electron chi connectivity index (χ1n) is 11.0. The summed E-state index contributed by atoms with van der Waals surface area (Å²) in [4.78, 5) is 10.5. The average molecular weight is 469 g/mol. The first kappa shape index (κ1) is 20.6. The van der Waals surface area contributed by atoms with Crippen molar-refractivity contribution in [1.29, 1.82) is 0 Å². The minimum atomic E-state index is -3.89. The number of nitro groups is 1. The summed E-state index contributed by atoms with van der Waals surface area (Å²) in [6.45, 7) is 2.34. The molecule has 0 atom stereocenters. The molecule has 4 aromatic rings. The smallest absolute Gasteiger partial charge is 0.269 e. The fraction of sp³-hybridized carbons (Fsp3) is 0.111. The number of fused-ring (bicyclic) bond motifs is 4. The van der Waals surface area contributed by atoms with Crippen LogP contribution < -0.4 is 10.4 Å². The predicted molar refractivity (Wildman–Crippen MR) is 132 cm³/mol. The molecule has 34 heavy (non-hydrogen) atoms. The van der Waals surface area contributed by atoms with Gasteiger partial charge in [-0.1, -0.05) is 42.5 Å². The van der Waals surface area contributed by atoms with E-state index in [1.807, 2.05) is 24.3 Å². The Labute approximate surface area is 196 Å². The number of rotatable bonds is 3. The molecule has 0 amide bonds. The Kier molecular flexibility index (Phi) is 4.41. The molecule has 0 bridgehead atoms. The first-order valence-corrected chi connectivity index (χ1v) is 12.4. The fourth-order valence-electron chi connectivity index (χ4n) is 5.16. The highest BCUT2D eigenvalue weighted by Crippen LogP contribution is 2.35. The molecule has 0 fully saturated rings. The van der Waals surface area contributed by atoms with Gasteiger partial charge in [0.1, 0.15) is 0 Å². The lowest BCUT2D eigenvalue weighted by molar-refractivity contribution is -0.384. The summed E-state index contributed by atoms with van der Waals surface area (Å²) in [5.41, 5.74) is 5.70. The van der Waals surface area contributed by atoms with Crippen molar-refractivity contribution in [3.8, 4) is 11.1 Å². The van der Waals surface area contributed by atoms with Crippen molar-refractivity contribution < 1.29 is 13.3 Å². The van der Waals surface area contributed by atoms with Crippen LogP contribution in [0.5, 0.6) is 0 Å². The molecule has 0 aromatic heterocycles. The number of aryl methyl sites for hydroxylation is 1. The molecule has 7 heteroatoms. The summed E-state index contributed by atoms with van der Waals surface area (Å²) in [6.07, 6.45) is 2.38. The van der Waals surface area contributed by atoms with E-state index in [9.17, 15) is 18.5 Å². The zero-order chi connectivity index (χ0) is 23.6. The highest BCUT2D eigenvalue weighted by atomic mass is 32.2. The van der Waals surface area contributed by atoms with Crippen molar-refractivity contribution in [3.05, 3.63) is 104 Å². The zero-order valence-electron chi connectivity index (χ0n) is 18.4. The number of hydrogen-bond acceptors (Lipinski definition) is 4. The normalized spacial score (nSPS) is 14.4. The largest absolute Gasteiger partial charge is 0.269 e. The van der Waals surface area contributed by atoms with E-state index >= 15 is 0 Å². The van der Waals surface area contributed by atoms with Crippen LogP contribution in [0.25, 0.3) is 33.7 Å². The quantitative estimate of drug-likeness (QED) is 0.338. The van der Waals surface area contributed by atoms with Gasteiger partial charge >= 0.3 is 0 Å². The van der Waals surface area contributed by atoms with Crippen LogP contribution in [-0.2, 0) is 16.4 Å². The molecule has 2 aliphatic rings. The number of benzene rings is 4. The molecule has 0 N–H and O–H groups in total. The van der Waals surface area contributed by atoms with Crippen molar-refractivity contribution in [2.45, 2.75) is 18.2 Å². The summed E-state index contributed by atoms with van der Waals surface area (Å²) in [5, 5.41) is 15.2. The van der Waals surface area contributed by atoms with E-state index in [4.69, 9.17) is 0 Å². The Hall–Kier alpha value is -3.97. The molecule has 1 aliphatic heterocycles. The van der Waals surface area contributed by atoms with Crippen LogP contribution >= 0.6 is 0 Å². The molecule has 0 unspecified atom stereocenters. The van der Waals surface area contributed by atoms with Crippen molar-refractivity contribution in [3.63, 3.8) is 0 Å². The van der Waals surface area contributed by atoms with Gasteiger partial charge < -0.3 is 0 Å². The van der Waals surface area contributed by atoms with Crippen LogP contribution in [0.3, 0.4) is 0 Å². The molecule has 0 spiro atoms. The summed E-state index contributed by atoms with van der Waals surface area (Å²) in [7, 11) is -3.89. The fourth-order valence-corrected chi connectivity index (χ4v) is 6.49. The van der Waals surface area contributed by atoms with Crippen LogP contribution in [0, 0.1) is 17.0 Å². The van der Waals surface area contributed by atoms with Crippen molar-refractivity contribution in [1.82, 2.24) is 4.31 Å². The van der Waals surface area contributed by atoms with E-state index in [0.717, 1.165) is 32.3 Å². The van der Waals surface area contributed by atoms with E-state index in [0.29, 0.717) is 6.42 Å². The lowest BCUT2D eigenvalue weighted by Gasteiger charge is -2.30. The number of nitrogens with zero attached hydrogens (tertiary/aromatic N) is 2. The summed E-state index contributed by atoms with van der Waals surface area (Å²) < 4.78 is 28.4. The van der Waals surface area contributed by atoms with Crippen molar-refractivity contribution >= 4 is 38.3 Å². The molecule has 0 saturated carbocycles. The van der Waals surface area contributed by atoms with Crippen LogP contribution in [0.15, 0.2) is 77.7 Å². The zero-order valence-corrected chi connectivity index (χ0v) is 19.2. The highest BCUT2D eigenvalue weighted by molar-refractivity contribution is 7.89. The van der Waals surface area contributed by atoms with Crippen LogP contribution in [0.4, 0.5) is 5.69 Å². The van der Waals surface area contributed by atoms with Crippen molar-refractivity contribution in [2.24, 2.45) is 0 Å². The minimum absolute atomic E-state index is 0.0341. The van der Waals surface area contributed by atoms with Crippen LogP contribution in [0.2, 0.25) is 0 Å². The Bertz CT molecular complexity index is 1760. The van der Waals surface area contributed by atoms with Gasteiger partial charge in [-0.25, -0.2) is 8.42 Å².